The molecule has 0 heterocycles. The highest BCUT2D eigenvalue weighted by Crippen LogP contribution is 2.19. The largest absolute Gasteiger partial charge is 0.496 e. The van der Waals surface area contributed by atoms with Crippen molar-refractivity contribution < 1.29 is 22.7 Å². The normalized spacial score (nSPS) is 10.3. The number of nitrogens with one attached hydrogen (secondary N) is 2. The zero-order chi connectivity index (χ0) is 17.5. The Morgan fingerprint density at radius 1 is 1.08 bits per heavy atom. The minimum absolute atomic E-state index is 0.256. The summed E-state index contributed by atoms with van der Waals surface area (Å²) in [6, 6.07) is 9.26. The molecule has 0 aliphatic rings. The fraction of sp³-hybridized carbons (Fsp3) is 0.235. The lowest BCUT2D eigenvalue weighted by Gasteiger charge is -2.10. The number of carbonyl (C=O) groups is 1. The number of methoxy groups -OCH3 is 1. The molecule has 0 fully saturated rings. The Morgan fingerprint density at radius 2 is 1.83 bits per heavy atom. The molecule has 0 aromatic heterocycles. The number of anilines is 1. The minimum atomic E-state index is -1.57. The number of benzene rings is 2. The van der Waals surface area contributed by atoms with Gasteiger partial charge in [-0.2, -0.15) is 0 Å². The Labute approximate surface area is 137 Å². The monoisotopic (exact) mass is 338 g/mol. The van der Waals surface area contributed by atoms with Gasteiger partial charge in [-0.05, 0) is 30.2 Å². The van der Waals surface area contributed by atoms with Crippen LogP contribution in [0.3, 0.4) is 0 Å². The Morgan fingerprint density at radius 3 is 2.58 bits per heavy atom. The number of amides is 1. The third-order valence-electron chi connectivity index (χ3n) is 3.38. The maximum Gasteiger partial charge on any atom is 0.239 e. The maximum absolute atomic E-state index is 13.4. The number of hydrogen-bond donors (Lipinski definition) is 2. The van der Waals surface area contributed by atoms with E-state index in [0.29, 0.717) is 13.0 Å². The number of halogens is 3. The molecule has 2 aromatic carbocycles. The molecule has 1 amide bonds. The van der Waals surface area contributed by atoms with E-state index in [9.17, 15) is 18.0 Å². The Hall–Kier alpha value is -2.70. The average Bonchev–Trinajstić information content (AvgIpc) is 2.59. The number of carbonyl (C=O) groups excluding carboxylic acids is 1. The molecule has 0 aliphatic heterocycles. The van der Waals surface area contributed by atoms with Gasteiger partial charge in [-0.15, -0.1) is 0 Å². The molecule has 0 saturated carbocycles. The van der Waals surface area contributed by atoms with Crippen LogP contribution in [0.1, 0.15) is 5.56 Å². The van der Waals surface area contributed by atoms with Crippen LogP contribution in [0.2, 0.25) is 0 Å². The molecule has 0 atom stereocenters. The Balaban J connectivity index is 1.81. The smallest absolute Gasteiger partial charge is 0.239 e. The molecule has 4 nitrogen and oxygen atoms in total. The molecule has 0 aliphatic carbocycles. The van der Waals surface area contributed by atoms with Crippen molar-refractivity contribution in [3.63, 3.8) is 0 Å². The van der Waals surface area contributed by atoms with Crippen molar-refractivity contribution in [2.45, 2.75) is 6.42 Å². The van der Waals surface area contributed by atoms with Gasteiger partial charge in [0.15, 0.2) is 17.5 Å². The second-order valence-corrected chi connectivity index (χ2v) is 4.99. The van der Waals surface area contributed by atoms with E-state index in [0.717, 1.165) is 23.4 Å². The molecule has 128 valence electrons. The standard InChI is InChI=1S/C17H17F3N2O2/c1-24-14-5-3-2-4-11(14)8-9-21-15(23)10-22-13-7-6-12(18)16(19)17(13)20/h2-7,22H,8-10H2,1H3,(H,21,23). The fourth-order valence-electron chi connectivity index (χ4n) is 2.15. The van der Waals surface area contributed by atoms with Crippen LogP contribution in [0.4, 0.5) is 18.9 Å². The molecule has 24 heavy (non-hydrogen) atoms. The number of hydrogen-bond acceptors (Lipinski definition) is 3. The quantitative estimate of drug-likeness (QED) is 0.763. The molecule has 0 radical (unpaired) electrons. The van der Waals surface area contributed by atoms with Crippen molar-refractivity contribution in [1.29, 1.82) is 0 Å². The molecule has 2 aromatic rings. The maximum atomic E-state index is 13.4. The molecular formula is C17H17F3N2O2. The number of ether oxygens (including phenoxy) is 1. The summed E-state index contributed by atoms with van der Waals surface area (Å²) < 4.78 is 44.5. The fourth-order valence-corrected chi connectivity index (χ4v) is 2.15. The van der Waals surface area contributed by atoms with Gasteiger partial charge in [0.05, 0.1) is 19.3 Å². The van der Waals surface area contributed by atoms with Crippen LogP contribution in [0.25, 0.3) is 0 Å². The lowest BCUT2D eigenvalue weighted by atomic mass is 10.1. The molecule has 2 rings (SSSR count). The van der Waals surface area contributed by atoms with Crippen LogP contribution in [-0.2, 0) is 11.2 Å². The summed E-state index contributed by atoms with van der Waals surface area (Å²) >= 11 is 0. The predicted molar refractivity (Wildman–Crippen MR) is 84.5 cm³/mol. The van der Waals surface area contributed by atoms with Gasteiger partial charge in [0.2, 0.25) is 5.91 Å². The summed E-state index contributed by atoms with van der Waals surface area (Å²) in [6.45, 7) is 0.106. The van der Waals surface area contributed by atoms with Crippen LogP contribution < -0.4 is 15.4 Å². The van der Waals surface area contributed by atoms with Gasteiger partial charge in [0.25, 0.3) is 0 Å². The SMILES string of the molecule is COc1ccccc1CCNC(=O)CNc1ccc(F)c(F)c1F. The van der Waals surface area contributed by atoms with Crippen molar-refractivity contribution in [1.82, 2.24) is 5.32 Å². The van der Waals surface area contributed by atoms with E-state index in [2.05, 4.69) is 10.6 Å². The molecule has 2 N–H and O–H groups in total. The predicted octanol–water partition coefficient (Wildman–Crippen LogP) is 2.88. The van der Waals surface area contributed by atoms with Gasteiger partial charge in [-0.25, -0.2) is 13.2 Å². The molecule has 0 bridgehead atoms. The highest BCUT2D eigenvalue weighted by Gasteiger charge is 2.13. The van der Waals surface area contributed by atoms with Crippen LogP contribution in [0, 0.1) is 17.5 Å². The average molecular weight is 338 g/mol. The second kappa shape index (κ2) is 8.24. The Bertz CT molecular complexity index is 723. The van der Waals surface area contributed by atoms with E-state index < -0.39 is 23.4 Å². The lowest BCUT2D eigenvalue weighted by molar-refractivity contribution is -0.119. The summed E-state index contributed by atoms with van der Waals surface area (Å²) in [7, 11) is 1.57. The van der Waals surface area contributed by atoms with Gasteiger partial charge < -0.3 is 15.4 Å². The molecule has 7 heteroatoms. The van der Waals surface area contributed by atoms with Crippen LogP contribution in [0.5, 0.6) is 5.75 Å². The molecule has 0 saturated heterocycles. The van der Waals surface area contributed by atoms with Crippen LogP contribution in [0.15, 0.2) is 36.4 Å². The van der Waals surface area contributed by atoms with Crippen LogP contribution >= 0.6 is 0 Å². The summed E-state index contributed by atoms with van der Waals surface area (Å²) in [5.41, 5.74) is 0.675. The molecular weight excluding hydrogens is 321 g/mol. The van der Waals surface area contributed by atoms with Gasteiger partial charge >= 0.3 is 0 Å². The van der Waals surface area contributed by atoms with Crippen molar-refractivity contribution in [3.8, 4) is 5.75 Å². The Kier molecular flexibility index (Phi) is 6.06. The van der Waals surface area contributed by atoms with Gasteiger partial charge in [0.1, 0.15) is 5.75 Å². The van der Waals surface area contributed by atoms with Crippen molar-refractivity contribution in [2.24, 2.45) is 0 Å². The first-order valence-corrected chi connectivity index (χ1v) is 7.29. The van der Waals surface area contributed by atoms with Gasteiger partial charge in [0, 0.05) is 6.54 Å². The zero-order valence-electron chi connectivity index (χ0n) is 13.0. The summed E-state index contributed by atoms with van der Waals surface area (Å²) in [6.07, 6.45) is 0.565. The van der Waals surface area contributed by atoms with E-state index >= 15 is 0 Å². The second-order valence-electron chi connectivity index (χ2n) is 4.99. The zero-order valence-corrected chi connectivity index (χ0v) is 13.0. The first-order valence-electron chi connectivity index (χ1n) is 7.29. The topological polar surface area (TPSA) is 50.4 Å². The van der Waals surface area contributed by atoms with Crippen molar-refractivity contribution >= 4 is 11.6 Å². The first-order chi connectivity index (χ1) is 11.5. The third-order valence-corrected chi connectivity index (χ3v) is 3.38. The van der Waals surface area contributed by atoms with Gasteiger partial charge in [-0.1, -0.05) is 18.2 Å². The first kappa shape index (κ1) is 17.7. The number of para-hydroxylation sites is 1. The van der Waals surface area contributed by atoms with E-state index in [1.807, 2.05) is 24.3 Å². The van der Waals surface area contributed by atoms with Crippen molar-refractivity contribution in [3.05, 3.63) is 59.4 Å². The van der Waals surface area contributed by atoms with E-state index in [4.69, 9.17) is 4.74 Å². The highest BCUT2D eigenvalue weighted by molar-refractivity contribution is 5.80. The van der Waals surface area contributed by atoms with E-state index in [1.54, 1.807) is 7.11 Å². The highest BCUT2D eigenvalue weighted by atomic mass is 19.2. The van der Waals surface area contributed by atoms with Crippen LogP contribution in [-0.4, -0.2) is 26.1 Å². The minimum Gasteiger partial charge on any atom is -0.496 e. The summed E-state index contributed by atoms with van der Waals surface area (Å²) in [4.78, 5) is 11.7. The molecule has 0 unspecified atom stereocenters. The summed E-state index contributed by atoms with van der Waals surface area (Å²) in [5.74, 6) is -3.87. The lowest BCUT2D eigenvalue weighted by Crippen LogP contribution is -2.31. The van der Waals surface area contributed by atoms with E-state index in [1.165, 1.54) is 0 Å². The van der Waals surface area contributed by atoms with Gasteiger partial charge in [-0.3, -0.25) is 4.79 Å². The van der Waals surface area contributed by atoms with E-state index in [-0.39, 0.29) is 12.2 Å². The summed E-state index contributed by atoms with van der Waals surface area (Å²) in [5, 5.41) is 5.08. The number of rotatable bonds is 7. The van der Waals surface area contributed by atoms with Crippen molar-refractivity contribution in [2.75, 3.05) is 25.5 Å². The molecule has 0 spiro atoms. The third kappa shape index (κ3) is 4.41.